The second-order valence-corrected chi connectivity index (χ2v) is 5.14. The van der Waals surface area contributed by atoms with Crippen molar-refractivity contribution in [3.8, 4) is 11.5 Å². The van der Waals surface area contributed by atoms with Crippen molar-refractivity contribution in [1.29, 1.82) is 0 Å². The molecule has 23 heavy (non-hydrogen) atoms. The van der Waals surface area contributed by atoms with Crippen molar-refractivity contribution in [3.63, 3.8) is 0 Å². The molecule has 0 bridgehead atoms. The molecular formula is C18H19N3O2. The predicted molar refractivity (Wildman–Crippen MR) is 91.3 cm³/mol. The van der Waals surface area contributed by atoms with Crippen molar-refractivity contribution >= 4 is 16.7 Å². The first kappa shape index (κ1) is 15.1. The van der Waals surface area contributed by atoms with E-state index in [0.717, 1.165) is 28.2 Å². The summed E-state index contributed by atoms with van der Waals surface area (Å²) in [6.45, 7) is 1.24. The van der Waals surface area contributed by atoms with E-state index in [1.54, 1.807) is 13.4 Å². The molecule has 0 amide bonds. The van der Waals surface area contributed by atoms with Crippen molar-refractivity contribution in [1.82, 2.24) is 9.97 Å². The number of fused-ring (bicyclic) bond motifs is 1. The molecule has 0 aliphatic heterocycles. The van der Waals surface area contributed by atoms with Crippen LogP contribution >= 0.6 is 0 Å². The van der Waals surface area contributed by atoms with Gasteiger partial charge in [0.15, 0.2) is 11.5 Å². The largest absolute Gasteiger partial charge is 0.493 e. The monoisotopic (exact) mass is 309 g/mol. The minimum atomic E-state index is 0.537. The first-order chi connectivity index (χ1) is 11.3. The maximum atomic E-state index is 5.82. The predicted octanol–water partition coefficient (Wildman–Crippen LogP) is 3.15. The van der Waals surface area contributed by atoms with E-state index >= 15 is 0 Å². The molecule has 118 valence electrons. The molecule has 5 heteroatoms. The molecule has 0 saturated heterocycles. The number of nitrogens with zero attached hydrogens (tertiary/aromatic N) is 3. The van der Waals surface area contributed by atoms with Crippen molar-refractivity contribution in [2.24, 2.45) is 0 Å². The number of para-hydroxylation sites is 3. The summed E-state index contributed by atoms with van der Waals surface area (Å²) in [6, 6.07) is 15.6. The van der Waals surface area contributed by atoms with Crippen LogP contribution < -0.4 is 14.4 Å². The quantitative estimate of drug-likeness (QED) is 0.700. The molecule has 0 atom stereocenters. The lowest BCUT2D eigenvalue weighted by atomic mass is 10.2. The standard InChI is InChI=1S/C18H19N3O2/c1-21(11-12-23-17-10-6-5-9-16(17)22-2)18-14-7-3-4-8-15(14)19-13-20-18/h3-10,13H,11-12H2,1-2H3. The van der Waals surface area contributed by atoms with Gasteiger partial charge in [0.1, 0.15) is 18.8 Å². The first-order valence-corrected chi connectivity index (χ1v) is 7.46. The summed E-state index contributed by atoms with van der Waals surface area (Å²) in [4.78, 5) is 10.8. The summed E-state index contributed by atoms with van der Waals surface area (Å²) in [7, 11) is 3.64. The molecule has 3 aromatic rings. The molecule has 0 unspecified atom stereocenters. The zero-order valence-electron chi connectivity index (χ0n) is 13.3. The van der Waals surface area contributed by atoms with E-state index in [4.69, 9.17) is 9.47 Å². The first-order valence-electron chi connectivity index (χ1n) is 7.46. The molecule has 0 radical (unpaired) electrons. The Balaban J connectivity index is 1.68. The molecule has 0 aliphatic carbocycles. The number of ether oxygens (including phenoxy) is 2. The second kappa shape index (κ2) is 6.96. The summed E-state index contributed by atoms with van der Waals surface area (Å²) in [6.07, 6.45) is 1.59. The van der Waals surface area contributed by atoms with Crippen molar-refractivity contribution < 1.29 is 9.47 Å². The highest BCUT2D eigenvalue weighted by atomic mass is 16.5. The van der Waals surface area contributed by atoms with E-state index in [9.17, 15) is 0 Å². The van der Waals surface area contributed by atoms with Crippen molar-refractivity contribution in [2.45, 2.75) is 0 Å². The van der Waals surface area contributed by atoms with Gasteiger partial charge in [0.2, 0.25) is 0 Å². The van der Waals surface area contributed by atoms with E-state index in [1.807, 2.05) is 55.6 Å². The number of methoxy groups -OCH3 is 1. The topological polar surface area (TPSA) is 47.5 Å². The smallest absolute Gasteiger partial charge is 0.161 e. The summed E-state index contributed by atoms with van der Waals surface area (Å²) in [5, 5.41) is 1.04. The molecule has 2 aromatic carbocycles. The lowest BCUT2D eigenvalue weighted by molar-refractivity contribution is 0.301. The molecular weight excluding hydrogens is 290 g/mol. The SMILES string of the molecule is COc1ccccc1OCCN(C)c1ncnc2ccccc12. The zero-order chi connectivity index (χ0) is 16.1. The van der Waals surface area contributed by atoms with Crippen LogP contribution in [0.2, 0.25) is 0 Å². The lowest BCUT2D eigenvalue weighted by Gasteiger charge is -2.20. The lowest BCUT2D eigenvalue weighted by Crippen LogP contribution is -2.25. The van der Waals surface area contributed by atoms with Crippen molar-refractivity contribution in [2.75, 3.05) is 32.2 Å². The van der Waals surface area contributed by atoms with Gasteiger partial charge in [-0.05, 0) is 24.3 Å². The van der Waals surface area contributed by atoms with Gasteiger partial charge >= 0.3 is 0 Å². The normalized spacial score (nSPS) is 10.5. The highest BCUT2D eigenvalue weighted by Gasteiger charge is 2.09. The van der Waals surface area contributed by atoms with Crippen LogP contribution in [0.4, 0.5) is 5.82 Å². The van der Waals surface area contributed by atoms with Crippen LogP contribution in [0.3, 0.4) is 0 Å². The van der Waals surface area contributed by atoms with Gasteiger partial charge in [0.05, 0.1) is 19.2 Å². The second-order valence-electron chi connectivity index (χ2n) is 5.14. The van der Waals surface area contributed by atoms with Gasteiger partial charge in [0, 0.05) is 12.4 Å². The van der Waals surface area contributed by atoms with Crippen LogP contribution in [0.1, 0.15) is 0 Å². The molecule has 5 nitrogen and oxygen atoms in total. The molecule has 1 heterocycles. The number of anilines is 1. The summed E-state index contributed by atoms with van der Waals surface area (Å²) in [5.74, 6) is 2.39. The maximum absolute atomic E-state index is 5.82. The van der Waals surface area contributed by atoms with Gasteiger partial charge in [-0.2, -0.15) is 0 Å². The fourth-order valence-electron chi connectivity index (χ4n) is 2.43. The highest BCUT2D eigenvalue weighted by molar-refractivity contribution is 5.89. The van der Waals surface area contributed by atoms with Gasteiger partial charge in [-0.3, -0.25) is 0 Å². The Morgan fingerprint density at radius 1 is 0.957 bits per heavy atom. The molecule has 1 aromatic heterocycles. The van der Waals surface area contributed by atoms with Crippen LogP contribution in [-0.4, -0.2) is 37.3 Å². The fraction of sp³-hybridized carbons (Fsp3) is 0.222. The number of rotatable bonds is 6. The Labute approximate surface area is 135 Å². The van der Waals surface area contributed by atoms with Gasteiger partial charge in [-0.1, -0.05) is 24.3 Å². The van der Waals surface area contributed by atoms with E-state index in [2.05, 4.69) is 14.9 Å². The van der Waals surface area contributed by atoms with E-state index in [1.165, 1.54) is 0 Å². The van der Waals surface area contributed by atoms with Crippen LogP contribution in [0, 0.1) is 0 Å². The van der Waals surface area contributed by atoms with Gasteiger partial charge < -0.3 is 14.4 Å². The summed E-state index contributed by atoms with van der Waals surface area (Å²) >= 11 is 0. The molecule has 0 aliphatic rings. The number of hydrogen-bond donors (Lipinski definition) is 0. The van der Waals surface area contributed by atoms with Crippen LogP contribution in [0.25, 0.3) is 10.9 Å². The maximum Gasteiger partial charge on any atom is 0.161 e. The van der Waals surface area contributed by atoms with Gasteiger partial charge in [-0.25, -0.2) is 9.97 Å². The van der Waals surface area contributed by atoms with E-state index < -0.39 is 0 Å². The fourth-order valence-corrected chi connectivity index (χ4v) is 2.43. The third-order valence-electron chi connectivity index (χ3n) is 3.64. The molecule has 0 fully saturated rings. The van der Waals surface area contributed by atoms with Crippen LogP contribution in [0.5, 0.6) is 11.5 Å². The zero-order valence-corrected chi connectivity index (χ0v) is 13.3. The molecule has 0 N–H and O–H groups in total. The van der Waals surface area contributed by atoms with Gasteiger partial charge in [-0.15, -0.1) is 0 Å². The minimum Gasteiger partial charge on any atom is -0.493 e. The molecule has 0 saturated carbocycles. The van der Waals surface area contributed by atoms with E-state index in [-0.39, 0.29) is 0 Å². The minimum absolute atomic E-state index is 0.537. The van der Waals surface area contributed by atoms with Gasteiger partial charge in [0.25, 0.3) is 0 Å². The van der Waals surface area contributed by atoms with Crippen LogP contribution in [-0.2, 0) is 0 Å². The van der Waals surface area contributed by atoms with Crippen molar-refractivity contribution in [3.05, 3.63) is 54.9 Å². The average molecular weight is 309 g/mol. The number of hydrogen-bond acceptors (Lipinski definition) is 5. The summed E-state index contributed by atoms with van der Waals surface area (Å²) in [5.41, 5.74) is 0.940. The third-order valence-corrected chi connectivity index (χ3v) is 3.64. The highest BCUT2D eigenvalue weighted by Crippen LogP contribution is 2.26. The van der Waals surface area contributed by atoms with E-state index in [0.29, 0.717) is 13.2 Å². The molecule has 0 spiro atoms. The summed E-state index contributed by atoms with van der Waals surface area (Å²) < 4.78 is 11.1. The number of aromatic nitrogens is 2. The number of likely N-dealkylation sites (N-methyl/N-ethyl adjacent to an activating group) is 1. The Bertz CT molecular complexity index is 787. The number of benzene rings is 2. The van der Waals surface area contributed by atoms with Crippen LogP contribution in [0.15, 0.2) is 54.9 Å². The Morgan fingerprint density at radius 3 is 2.52 bits per heavy atom. The Morgan fingerprint density at radius 2 is 1.70 bits per heavy atom. The third kappa shape index (κ3) is 3.34. The Kier molecular flexibility index (Phi) is 4.57. The average Bonchev–Trinajstić information content (AvgIpc) is 2.61. The Hall–Kier alpha value is -2.82. The molecule has 3 rings (SSSR count).